The molecule has 0 unspecified atom stereocenters. The lowest BCUT2D eigenvalue weighted by Gasteiger charge is -2.17. The number of halogens is 1. The van der Waals surface area contributed by atoms with E-state index in [1.165, 1.54) is 35.2 Å². The summed E-state index contributed by atoms with van der Waals surface area (Å²) in [6, 6.07) is 5.63. The van der Waals surface area contributed by atoms with E-state index in [-0.39, 0.29) is 18.1 Å². The third-order valence-corrected chi connectivity index (χ3v) is 5.05. The van der Waals surface area contributed by atoms with Crippen LogP contribution >= 0.6 is 0 Å². The number of rotatable bonds is 10. The molecule has 2 heterocycles. The molecular weight excluding hydrogens is 469 g/mol. The number of aromatic nitrogens is 2. The minimum atomic E-state index is -0.688. The molecule has 3 rings (SSSR count). The van der Waals surface area contributed by atoms with Crippen LogP contribution in [0.1, 0.15) is 23.0 Å². The number of amides is 1. The van der Waals surface area contributed by atoms with Crippen molar-refractivity contribution in [2.24, 2.45) is 10.2 Å². The number of hydrogen-bond acceptors (Lipinski definition) is 9. The van der Waals surface area contributed by atoms with Gasteiger partial charge in [0.05, 0.1) is 6.33 Å². The van der Waals surface area contributed by atoms with Crippen LogP contribution in [0.4, 0.5) is 4.39 Å². The van der Waals surface area contributed by atoms with Crippen LogP contribution in [-0.2, 0) is 17.8 Å². The Morgan fingerprint density at radius 1 is 1.31 bits per heavy atom. The van der Waals surface area contributed by atoms with Crippen molar-refractivity contribution in [1.82, 2.24) is 25.1 Å². The number of carbonyl (C=O) groups is 1. The van der Waals surface area contributed by atoms with E-state index in [0.717, 1.165) is 18.8 Å². The molecule has 0 radical (unpaired) electrons. The molecule has 0 atom stereocenters. The Hall–Kier alpha value is -3.90. The topological polar surface area (TPSA) is 133 Å². The van der Waals surface area contributed by atoms with E-state index >= 15 is 0 Å². The lowest BCUT2D eigenvalue weighted by molar-refractivity contribution is 0.0942. The van der Waals surface area contributed by atoms with Gasteiger partial charge in [-0.1, -0.05) is 18.7 Å². The number of likely N-dealkylation sites (N-methyl/N-ethyl adjacent to an activating group) is 2. The summed E-state index contributed by atoms with van der Waals surface area (Å²) in [5.41, 5.74) is 0.462. The smallest absolute Gasteiger partial charge is 0.296 e. The van der Waals surface area contributed by atoms with Crippen molar-refractivity contribution >= 4 is 17.5 Å². The Kier molecular flexibility index (Phi) is 11.4. The van der Waals surface area contributed by atoms with Gasteiger partial charge in [-0.25, -0.2) is 9.37 Å². The molecule has 11 nitrogen and oxygen atoms in total. The molecule has 194 valence electrons. The molecule has 0 bridgehead atoms. The van der Waals surface area contributed by atoms with Gasteiger partial charge in [0.15, 0.2) is 5.69 Å². The Bertz CT molecular complexity index is 1150. The molecule has 0 spiro atoms. The first-order chi connectivity index (χ1) is 17.2. The van der Waals surface area contributed by atoms with Gasteiger partial charge in [0.1, 0.15) is 18.1 Å². The van der Waals surface area contributed by atoms with E-state index in [1.807, 2.05) is 19.0 Å². The molecule has 1 aliphatic rings. The van der Waals surface area contributed by atoms with E-state index in [0.29, 0.717) is 31.2 Å². The number of nitrogens with zero attached hydrogens (tertiary/aromatic N) is 5. The van der Waals surface area contributed by atoms with Gasteiger partial charge in [-0.05, 0) is 37.9 Å². The largest absolute Gasteiger partial charge is 0.501 e. The molecule has 0 saturated heterocycles. The van der Waals surface area contributed by atoms with Crippen molar-refractivity contribution in [3.63, 3.8) is 0 Å². The minimum Gasteiger partial charge on any atom is -0.501 e. The molecule has 0 aliphatic carbocycles. The van der Waals surface area contributed by atoms with Gasteiger partial charge in [0, 0.05) is 39.6 Å². The van der Waals surface area contributed by atoms with E-state index in [1.54, 1.807) is 13.0 Å². The molecule has 3 N–H and O–H groups in total. The number of ether oxygens (including phenoxy) is 1. The minimum absolute atomic E-state index is 0.125. The number of benzene rings is 1. The monoisotopic (exact) mass is 501 g/mol. The maximum atomic E-state index is 12.9. The molecule has 1 aliphatic heterocycles. The first-order valence-corrected chi connectivity index (χ1v) is 11.3. The third kappa shape index (κ3) is 9.04. The Balaban J connectivity index is 0.000000425. The van der Waals surface area contributed by atoms with Crippen LogP contribution in [0.5, 0.6) is 5.75 Å². The zero-order valence-electron chi connectivity index (χ0n) is 20.7. The second kappa shape index (κ2) is 14.5. The molecular formula is C24H32FN7O4. The van der Waals surface area contributed by atoms with Crippen molar-refractivity contribution in [1.29, 1.82) is 0 Å². The highest BCUT2D eigenvalue weighted by molar-refractivity contribution is 5.98. The van der Waals surface area contributed by atoms with Gasteiger partial charge >= 0.3 is 0 Å². The Morgan fingerprint density at radius 2 is 2.03 bits per heavy atom. The van der Waals surface area contributed by atoms with Crippen molar-refractivity contribution < 1.29 is 19.0 Å². The molecule has 12 heteroatoms. The van der Waals surface area contributed by atoms with E-state index in [2.05, 4.69) is 32.4 Å². The van der Waals surface area contributed by atoms with Crippen molar-refractivity contribution in [3.8, 4) is 5.75 Å². The molecule has 1 aromatic carbocycles. The summed E-state index contributed by atoms with van der Waals surface area (Å²) in [7, 11) is 3.78. The van der Waals surface area contributed by atoms with Crippen molar-refractivity contribution in [2.75, 3.05) is 40.3 Å². The highest BCUT2D eigenvalue weighted by atomic mass is 19.1. The third-order valence-electron chi connectivity index (χ3n) is 5.05. The standard InChI is InChI=1S/C18H24FN5O3.C6H8N2O/c1-20-7-8-23(2)9-10-24-12-22-15(16(25)18(24)27)17(26)21-11-13-3-5-14(19)6-4-13;1-3-6-4-9-5(2)7-8-6/h3-6,12,20,25H,7-11H2,1-2H3,(H,21,26);3H,1,4H2,2H3. The SMILES string of the molecule is C=CC1=NN=C(C)OC1.CNCCN(C)CCn1cnc(C(=O)NCc2ccc(F)cc2)c(O)c1=O. The maximum absolute atomic E-state index is 12.9. The second-order valence-corrected chi connectivity index (χ2v) is 7.86. The predicted octanol–water partition coefficient (Wildman–Crippen LogP) is 1.15. The first-order valence-electron chi connectivity index (χ1n) is 11.3. The van der Waals surface area contributed by atoms with Gasteiger partial charge in [-0.2, -0.15) is 0 Å². The normalized spacial score (nSPS) is 12.6. The average Bonchev–Trinajstić information content (AvgIpc) is 2.88. The quantitative estimate of drug-likeness (QED) is 0.445. The summed E-state index contributed by atoms with van der Waals surface area (Å²) < 4.78 is 19.2. The van der Waals surface area contributed by atoms with Crippen molar-refractivity contribution in [2.45, 2.75) is 20.0 Å². The summed E-state index contributed by atoms with van der Waals surface area (Å²) in [6.45, 7) is 8.50. The Labute approximate surface area is 209 Å². The Morgan fingerprint density at radius 3 is 2.64 bits per heavy atom. The zero-order valence-corrected chi connectivity index (χ0v) is 20.7. The summed E-state index contributed by atoms with van der Waals surface area (Å²) in [6.07, 6.45) is 2.89. The number of nitrogens with one attached hydrogen (secondary N) is 2. The maximum Gasteiger partial charge on any atom is 0.296 e. The molecule has 0 saturated carbocycles. The molecule has 2 aromatic rings. The van der Waals surface area contributed by atoms with Gasteiger partial charge < -0.3 is 25.4 Å². The van der Waals surface area contributed by atoms with E-state index in [9.17, 15) is 19.1 Å². The van der Waals surface area contributed by atoms with Crippen LogP contribution in [-0.4, -0.2) is 77.4 Å². The fourth-order valence-electron chi connectivity index (χ4n) is 2.84. The predicted molar refractivity (Wildman–Crippen MR) is 136 cm³/mol. The second-order valence-electron chi connectivity index (χ2n) is 7.86. The van der Waals surface area contributed by atoms with Crippen molar-refractivity contribution in [3.05, 3.63) is 70.7 Å². The first kappa shape index (κ1) is 28.3. The molecule has 1 amide bonds. The highest BCUT2D eigenvalue weighted by Crippen LogP contribution is 2.08. The van der Waals surface area contributed by atoms with Gasteiger partial charge in [-0.3, -0.25) is 14.2 Å². The summed E-state index contributed by atoms with van der Waals surface area (Å²) in [4.78, 5) is 30.4. The zero-order chi connectivity index (χ0) is 26.5. The highest BCUT2D eigenvalue weighted by Gasteiger charge is 2.17. The van der Waals surface area contributed by atoms with Gasteiger partial charge in [0.25, 0.3) is 11.5 Å². The molecule has 0 fully saturated rings. The van der Waals surface area contributed by atoms with Crippen LogP contribution in [0.15, 0.2) is 58.2 Å². The lowest BCUT2D eigenvalue weighted by atomic mass is 10.2. The summed E-state index contributed by atoms with van der Waals surface area (Å²) in [5, 5.41) is 23.1. The van der Waals surface area contributed by atoms with Crippen LogP contribution in [0.25, 0.3) is 0 Å². The van der Waals surface area contributed by atoms with Crippen LogP contribution in [0.3, 0.4) is 0 Å². The fourth-order valence-corrected chi connectivity index (χ4v) is 2.84. The van der Waals surface area contributed by atoms with E-state index < -0.39 is 17.2 Å². The van der Waals surface area contributed by atoms with Crippen LogP contribution in [0, 0.1) is 5.82 Å². The van der Waals surface area contributed by atoms with Gasteiger partial charge in [0.2, 0.25) is 11.6 Å². The molecule has 1 aromatic heterocycles. The number of hydrogen-bond donors (Lipinski definition) is 3. The number of aromatic hydroxyl groups is 1. The van der Waals surface area contributed by atoms with Gasteiger partial charge in [-0.15, -0.1) is 10.2 Å². The summed E-state index contributed by atoms with van der Waals surface area (Å²) >= 11 is 0. The van der Waals surface area contributed by atoms with Crippen LogP contribution < -0.4 is 16.2 Å². The molecule has 36 heavy (non-hydrogen) atoms. The number of carbonyl (C=O) groups excluding carboxylic acids is 1. The van der Waals surface area contributed by atoms with E-state index in [4.69, 9.17) is 4.74 Å². The fraction of sp³-hybridized carbons (Fsp3) is 0.375. The summed E-state index contributed by atoms with van der Waals surface area (Å²) in [5.74, 6) is -1.12. The average molecular weight is 502 g/mol. The van der Waals surface area contributed by atoms with Crippen LogP contribution in [0.2, 0.25) is 0 Å². The lowest BCUT2D eigenvalue weighted by Crippen LogP contribution is -2.33.